The van der Waals surface area contributed by atoms with Crippen molar-refractivity contribution in [2.75, 3.05) is 5.01 Å². The highest BCUT2D eigenvalue weighted by molar-refractivity contribution is 6.31. The van der Waals surface area contributed by atoms with Gasteiger partial charge in [-0.05, 0) is 36.5 Å². The minimum atomic E-state index is 0.0278. The molecule has 36 heavy (non-hydrogen) atoms. The standard InChI is InChI=1S/C27H32ClN7O/c28-21-13-6-4-11-19(21)17-29-24(36)16-8-15-23-31-32-27-34(23)22-14-7-5-12-20(22)26-30-25(33-35(26)27)18-9-2-1-3-10-18/h1-4,6,9-11,13,20,22,25-26,30,33H,5,7-8,12,14-17H2,(H,29,36). The van der Waals surface area contributed by atoms with Gasteiger partial charge in [0.1, 0.15) is 18.2 Å². The number of aryl methyl sites for hydroxylation is 1. The van der Waals surface area contributed by atoms with Crippen LogP contribution < -0.4 is 21.1 Å². The Morgan fingerprint density at radius 2 is 1.86 bits per heavy atom. The van der Waals surface area contributed by atoms with Gasteiger partial charge in [-0.15, -0.1) is 10.2 Å². The van der Waals surface area contributed by atoms with Crippen LogP contribution in [0.5, 0.6) is 0 Å². The monoisotopic (exact) mass is 505 g/mol. The van der Waals surface area contributed by atoms with Crippen LogP contribution in [0, 0.1) is 5.92 Å². The first kappa shape index (κ1) is 23.5. The third kappa shape index (κ3) is 4.49. The predicted octanol–water partition coefficient (Wildman–Crippen LogP) is 4.25. The highest BCUT2D eigenvalue weighted by Crippen LogP contribution is 2.45. The van der Waals surface area contributed by atoms with Gasteiger partial charge in [-0.3, -0.25) is 19.7 Å². The molecule has 1 saturated heterocycles. The van der Waals surface area contributed by atoms with Gasteiger partial charge in [0, 0.05) is 36.4 Å². The molecule has 1 amide bonds. The van der Waals surface area contributed by atoms with Gasteiger partial charge in [-0.25, -0.2) is 5.43 Å². The van der Waals surface area contributed by atoms with E-state index >= 15 is 0 Å². The van der Waals surface area contributed by atoms with Crippen LogP contribution in [0.25, 0.3) is 0 Å². The van der Waals surface area contributed by atoms with Crippen LogP contribution in [-0.4, -0.2) is 26.8 Å². The molecule has 2 fully saturated rings. The molecule has 0 spiro atoms. The Morgan fingerprint density at radius 3 is 2.72 bits per heavy atom. The molecule has 9 heteroatoms. The smallest absolute Gasteiger partial charge is 0.243 e. The van der Waals surface area contributed by atoms with Crippen molar-refractivity contribution < 1.29 is 4.79 Å². The molecule has 3 aliphatic rings. The molecular weight excluding hydrogens is 474 g/mol. The average Bonchev–Trinajstić information content (AvgIpc) is 3.54. The van der Waals surface area contributed by atoms with Crippen LogP contribution in [0.3, 0.4) is 0 Å². The minimum absolute atomic E-state index is 0.0278. The van der Waals surface area contributed by atoms with Crippen molar-refractivity contribution in [1.29, 1.82) is 0 Å². The Labute approximate surface area is 216 Å². The number of anilines is 1. The molecule has 8 nitrogen and oxygen atoms in total. The molecule has 4 atom stereocenters. The molecular formula is C27H32ClN7O. The van der Waals surface area contributed by atoms with Crippen LogP contribution in [0.2, 0.25) is 5.02 Å². The number of nitrogens with one attached hydrogen (secondary N) is 3. The number of hydrazine groups is 1. The summed E-state index contributed by atoms with van der Waals surface area (Å²) in [6, 6.07) is 18.5. The topological polar surface area (TPSA) is 87.1 Å². The van der Waals surface area contributed by atoms with E-state index in [9.17, 15) is 4.79 Å². The molecule has 1 aliphatic carbocycles. The summed E-state index contributed by atoms with van der Waals surface area (Å²) in [5, 5.41) is 18.9. The number of hydrogen-bond donors (Lipinski definition) is 3. The van der Waals surface area contributed by atoms with Gasteiger partial charge in [-0.1, -0.05) is 73.0 Å². The molecule has 6 rings (SSSR count). The van der Waals surface area contributed by atoms with E-state index in [1.54, 1.807) is 0 Å². The lowest BCUT2D eigenvalue weighted by Gasteiger charge is -2.44. The Bertz CT molecular complexity index is 1220. The van der Waals surface area contributed by atoms with Crippen LogP contribution in [0.1, 0.15) is 67.7 Å². The van der Waals surface area contributed by atoms with Gasteiger partial charge in [0.2, 0.25) is 11.9 Å². The molecule has 0 radical (unpaired) electrons. The Kier molecular flexibility index (Phi) is 6.65. The molecule has 1 saturated carbocycles. The SMILES string of the molecule is O=C(CCCc1nnc2n1C1CCCCC1C1NC(c3ccccc3)NN21)NCc1ccccc1Cl. The highest BCUT2D eigenvalue weighted by Gasteiger charge is 2.48. The first-order chi connectivity index (χ1) is 17.7. The summed E-state index contributed by atoms with van der Waals surface area (Å²) >= 11 is 6.20. The van der Waals surface area contributed by atoms with Crippen molar-refractivity contribution in [3.63, 3.8) is 0 Å². The fourth-order valence-electron chi connectivity index (χ4n) is 5.96. The summed E-state index contributed by atoms with van der Waals surface area (Å²) in [5.41, 5.74) is 5.79. The maximum Gasteiger partial charge on any atom is 0.243 e. The fraction of sp³-hybridized carbons (Fsp3) is 0.444. The number of rotatable bonds is 7. The van der Waals surface area contributed by atoms with Crippen molar-refractivity contribution in [3.8, 4) is 0 Å². The number of nitrogens with zero attached hydrogens (tertiary/aromatic N) is 4. The summed E-state index contributed by atoms with van der Waals surface area (Å²) in [7, 11) is 0. The molecule has 3 N–H and O–H groups in total. The van der Waals surface area contributed by atoms with E-state index in [0.29, 0.717) is 29.9 Å². The molecule has 1 aromatic heterocycles. The molecule has 0 bridgehead atoms. The number of fused-ring (bicyclic) bond motifs is 6. The summed E-state index contributed by atoms with van der Waals surface area (Å²) in [6.07, 6.45) is 6.95. The van der Waals surface area contributed by atoms with Crippen molar-refractivity contribution in [2.24, 2.45) is 5.92 Å². The van der Waals surface area contributed by atoms with E-state index in [-0.39, 0.29) is 18.2 Å². The molecule has 3 aromatic rings. The summed E-state index contributed by atoms with van der Waals surface area (Å²) in [4.78, 5) is 12.5. The van der Waals surface area contributed by atoms with E-state index in [4.69, 9.17) is 11.6 Å². The third-order valence-electron chi connectivity index (χ3n) is 7.74. The van der Waals surface area contributed by atoms with E-state index in [1.807, 2.05) is 30.3 Å². The summed E-state index contributed by atoms with van der Waals surface area (Å²) in [5.74, 6) is 2.37. The van der Waals surface area contributed by atoms with Crippen molar-refractivity contribution >= 4 is 23.5 Å². The zero-order chi connectivity index (χ0) is 24.5. The van der Waals surface area contributed by atoms with Gasteiger partial charge >= 0.3 is 0 Å². The minimum Gasteiger partial charge on any atom is -0.352 e. The Hall–Kier alpha value is -2.94. The number of carbonyl (C=O) groups is 1. The number of carbonyl (C=O) groups excluding carboxylic acids is 1. The molecule has 2 aliphatic heterocycles. The molecule has 4 unspecified atom stereocenters. The van der Waals surface area contributed by atoms with Gasteiger partial charge < -0.3 is 5.32 Å². The van der Waals surface area contributed by atoms with Gasteiger partial charge in [0.25, 0.3) is 0 Å². The number of aromatic nitrogens is 3. The van der Waals surface area contributed by atoms with Gasteiger partial charge in [0.05, 0.1) is 0 Å². The molecule has 188 valence electrons. The van der Waals surface area contributed by atoms with Crippen LogP contribution in [0.4, 0.5) is 5.95 Å². The maximum atomic E-state index is 12.5. The molecule has 2 aromatic carbocycles. The lowest BCUT2D eigenvalue weighted by atomic mass is 9.81. The lowest BCUT2D eigenvalue weighted by molar-refractivity contribution is -0.121. The van der Waals surface area contributed by atoms with Crippen LogP contribution in [-0.2, 0) is 17.8 Å². The van der Waals surface area contributed by atoms with E-state index < -0.39 is 0 Å². The van der Waals surface area contributed by atoms with E-state index in [1.165, 1.54) is 24.8 Å². The zero-order valence-electron chi connectivity index (χ0n) is 20.2. The fourth-order valence-corrected chi connectivity index (χ4v) is 6.17. The second kappa shape index (κ2) is 10.2. The largest absolute Gasteiger partial charge is 0.352 e. The predicted molar refractivity (Wildman–Crippen MR) is 139 cm³/mol. The Balaban J connectivity index is 1.13. The number of amides is 1. The van der Waals surface area contributed by atoms with Crippen molar-refractivity contribution in [2.45, 2.75) is 69.9 Å². The van der Waals surface area contributed by atoms with E-state index in [2.05, 4.69) is 60.1 Å². The van der Waals surface area contributed by atoms with E-state index in [0.717, 1.165) is 36.6 Å². The Morgan fingerprint density at radius 1 is 1.06 bits per heavy atom. The normalized spacial score (nSPS) is 24.6. The number of hydrogen-bond acceptors (Lipinski definition) is 6. The first-order valence-electron chi connectivity index (χ1n) is 13.0. The average molecular weight is 506 g/mol. The number of benzene rings is 2. The van der Waals surface area contributed by atoms with Gasteiger partial charge in [0.15, 0.2) is 0 Å². The third-order valence-corrected chi connectivity index (χ3v) is 8.11. The summed E-state index contributed by atoms with van der Waals surface area (Å²) in [6.45, 7) is 0.445. The van der Waals surface area contributed by atoms with Crippen LogP contribution in [0.15, 0.2) is 54.6 Å². The van der Waals surface area contributed by atoms with Crippen molar-refractivity contribution in [1.82, 2.24) is 30.8 Å². The highest BCUT2D eigenvalue weighted by atomic mass is 35.5. The second-order valence-corrected chi connectivity index (χ2v) is 10.4. The number of halogens is 1. The molecule has 3 heterocycles. The quantitative estimate of drug-likeness (QED) is 0.445. The van der Waals surface area contributed by atoms with Crippen molar-refractivity contribution in [3.05, 3.63) is 76.6 Å². The first-order valence-corrected chi connectivity index (χ1v) is 13.4. The second-order valence-electron chi connectivity index (χ2n) is 9.98. The van der Waals surface area contributed by atoms with Gasteiger partial charge in [-0.2, -0.15) is 0 Å². The maximum absolute atomic E-state index is 12.5. The zero-order valence-corrected chi connectivity index (χ0v) is 21.0. The van der Waals surface area contributed by atoms with Crippen LogP contribution >= 0.6 is 11.6 Å². The lowest BCUT2D eigenvalue weighted by Crippen LogP contribution is -2.53. The summed E-state index contributed by atoms with van der Waals surface area (Å²) < 4.78 is 2.35.